The molecule has 2 aromatic heterocycles. The molecule has 0 spiro atoms. The highest BCUT2D eigenvalue weighted by Crippen LogP contribution is 2.25. The van der Waals surface area contributed by atoms with Crippen molar-refractivity contribution in [3.8, 4) is 22.3 Å². The molecule has 0 aliphatic carbocycles. The molecule has 39 heavy (non-hydrogen) atoms. The minimum absolute atomic E-state index is 0.816. The second kappa shape index (κ2) is 13.5. The van der Waals surface area contributed by atoms with Gasteiger partial charge in [-0.3, -0.25) is 14.9 Å². The van der Waals surface area contributed by atoms with Crippen molar-refractivity contribution in [1.82, 2.24) is 14.9 Å². The van der Waals surface area contributed by atoms with Gasteiger partial charge in [-0.05, 0) is 97.4 Å². The van der Waals surface area contributed by atoms with Gasteiger partial charge < -0.3 is 9.64 Å². The first-order valence-electron chi connectivity index (χ1n) is 14.3. The lowest BCUT2D eigenvalue weighted by atomic mass is 10.0. The maximum absolute atomic E-state index is 5.40. The van der Waals surface area contributed by atoms with Crippen molar-refractivity contribution >= 4 is 5.69 Å². The second-order valence-electron chi connectivity index (χ2n) is 10.5. The zero-order valence-corrected chi connectivity index (χ0v) is 23.4. The van der Waals surface area contributed by atoms with Gasteiger partial charge in [0.1, 0.15) is 0 Å². The van der Waals surface area contributed by atoms with Crippen molar-refractivity contribution in [1.29, 1.82) is 0 Å². The van der Waals surface area contributed by atoms with Crippen LogP contribution < -0.4 is 4.90 Å². The lowest BCUT2D eigenvalue weighted by Crippen LogP contribution is -2.36. The number of aromatic nitrogens is 2. The van der Waals surface area contributed by atoms with Crippen LogP contribution in [0.5, 0.6) is 0 Å². The molecule has 0 saturated carbocycles. The van der Waals surface area contributed by atoms with Crippen LogP contribution in [0.1, 0.15) is 36.5 Å². The summed E-state index contributed by atoms with van der Waals surface area (Å²) in [5, 5.41) is 0. The van der Waals surface area contributed by atoms with Crippen LogP contribution in [0, 0.1) is 6.92 Å². The Labute approximate surface area is 233 Å². The van der Waals surface area contributed by atoms with E-state index < -0.39 is 0 Å². The third-order valence-electron chi connectivity index (χ3n) is 7.50. The fourth-order valence-corrected chi connectivity index (χ4v) is 5.30. The van der Waals surface area contributed by atoms with Crippen molar-refractivity contribution in [2.75, 3.05) is 44.3 Å². The number of nitrogens with zero attached hydrogens (tertiary/aromatic N) is 4. The van der Waals surface area contributed by atoms with E-state index in [1.165, 1.54) is 70.6 Å². The molecule has 2 fully saturated rings. The molecule has 0 unspecified atom stereocenters. The van der Waals surface area contributed by atoms with Gasteiger partial charge in [-0.15, -0.1) is 0 Å². The van der Waals surface area contributed by atoms with Gasteiger partial charge in [-0.25, -0.2) is 0 Å². The predicted molar refractivity (Wildman–Crippen MR) is 161 cm³/mol. The summed E-state index contributed by atoms with van der Waals surface area (Å²) in [5.41, 5.74) is 10.1. The van der Waals surface area contributed by atoms with Crippen LogP contribution in [0.25, 0.3) is 22.3 Å². The van der Waals surface area contributed by atoms with Crippen LogP contribution in [-0.2, 0) is 17.7 Å². The zero-order chi connectivity index (χ0) is 26.9. The summed E-state index contributed by atoms with van der Waals surface area (Å²) >= 11 is 0. The van der Waals surface area contributed by atoms with Gasteiger partial charge >= 0.3 is 0 Å². The smallest absolute Gasteiger partial charge is 0.0642 e. The predicted octanol–water partition coefficient (Wildman–Crippen LogP) is 6.80. The Hall–Kier alpha value is -3.54. The van der Waals surface area contributed by atoms with E-state index in [-0.39, 0.29) is 0 Å². The summed E-state index contributed by atoms with van der Waals surface area (Å²) in [5.74, 6) is 0. The fourth-order valence-electron chi connectivity index (χ4n) is 5.30. The van der Waals surface area contributed by atoms with E-state index in [2.05, 4.69) is 94.3 Å². The summed E-state index contributed by atoms with van der Waals surface area (Å²) in [6.45, 7) is 11.4. The largest absolute Gasteiger partial charge is 0.378 e. The minimum atomic E-state index is 0.816. The number of ether oxygens (including phenoxy) is 1. The Morgan fingerprint density at radius 3 is 2.10 bits per heavy atom. The molecule has 0 amide bonds. The van der Waals surface area contributed by atoms with Crippen molar-refractivity contribution in [3.05, 3.63) is 102 Å². The average Bonchev–Trinajstić information content (AvgIpc) is 3.51. The summed E-state index contributed by atoms with van der Waals surface area (Å²) in [6.07, 6.45) is 11.5. The summed E-state index contributed by atoms with van der Waals surface area (Å²) in [6, 6.07) is 22.0. The van der Waals surface area contributed by atoms with Gasteiger partial charge in [0.05, 0.1) is 13.2 Å². The number of benzene rings is 2. The molecule has 4 heterocycles. The number of aryl methyl sites for hydroxylation is 2. The van der Waals surface area contributed by atoms with Gasteiger partial charge in [0.25, 0.3) is 0 Å². The lowest BCUT2D eigenvalue weighted by molar-refractivity contribution is 0.122. The first kappa shape index (κ1) is 27.0. The first-order chi connectivity index (χ1) is 19.2. The van der Waals surface area contributed by atoms with Gasteiger partial charge in [0, 0.05) is 61.2 Å². The standard InChI is InChI=1S/C18H22N2.C16H18N2O/c1-2-15-10-18(13-19-12-15)17-7-5-6-16(11-17)14-20-8-3-4-9-20;1-13-9-15(12-17-11-13)14-3-2-4-16(10-14)18-5-7-19-8-6-18/h5-7,10-13H,2-4,8-9,14H2,1H3;2-4,9-12H,5-8H2,1H3. The maximum atomic E-state index is 5.40. The third-order valence-corrected chi connectivity index (χ3v) is 7.50. The van der Waals surface area contributed by atoms with E-state index in [9.17, 15) is 0 Å². The molecule has 0 bridgehead atoms. The SMILES string of the molecule is CCc1cncc(-c2cccc(CN3CCCC3)c2)c1.Cc1cncc(-c2cccc(N3CCOCC3)c2)c1. The van der Waals surface area contributed by atoms with E-state index in [1.54, 1.807) is 0 Å². The van der Waals surface area contributed by atoms with Crippen LogP contribution in [0.2, 0.25) is 0 Å². The van der Waals surface area contributed by atoms with E-state index in [4.69, 9.17) is 4.74 Å². The third kappa shape index (κ3) is 7.53. The van der Waals surface area contributed by atoms with Gasteiger partial charge in [0.15, 0.2) is 0 Å². The molecule has 202 valence electrons. The monoisotopic (exact) mass is 520 g/mol. The normalized spacial score (nSPS) is 15.6. The Morgan fingerprint density at radius 2 is 1.36 bits per heavy atom. The van der Waals surface area contributed by atoms with Gasteiger partial charge in [-0.1, -0.05) is 37.3 Å². The topological polar surface area (TPSA) is 41.5 Å². The molecule has 0 radical (unpaired) electrons. The van der Waals surface area contributed by atoms with Crippen LogP contribution in [0.4, 0.5) is 5.69 Å². The fraction of sp³-hybridized carbons (Fsp3) is 0.353. The molecule has 2 saturated heterocycles. The van der Waals surface area contributed by atoms with Crippen LogP contribution in [0.3, 0.4) is 0 Å². The van der Waals surface area contributed by atoms with Crippen molar-refractivity contribution in [2.24, 2.45) is 0 Å². The van der Waals surface area contributed by atoms with Crippen molar-refractivity contribution < 1.29 is 4.74 Å². The number of hydrogen-bond acceptors (Lipinski definition) is 5. The minimum Gasteiger partial charge on any atom is -0.378 e. The lowest BCUT2D eigenvalue weighted by Gasteiger charge is -2.29. The van der Waals surface area contributed by atoms with E-state index >= 15 is 0 Å². The molecule has 2 aromatic carbocycles. The average molecular weight is 521 g/mol. The summed E-state index contributed by atoms with van der Waals surface area (Å²) in [7, 11) is 0. The Balaban J connectivity index is 0.000000158. The molecule has 5 nitrogen and oxygen atoms in total. The van der Waals surface area contributed by atoms with E-state index in [1.807, 2.05) is 24.8 Å². The van der Waals surface area contributed by atoms with Crippen LogP contribution in [0.15, 0.2) is 85.5 Å². The van der Waals surface area contributed by atoms with Crippen LogP contribution >= 0.6 is 0 Å². The molecule has 2 aliphatic rings. The summed E-state index contributed by atoms with van der Waals surface area (Å²) < 4.78 is 5.40. The molecule has 6 rings (SSSR count). The number of anilines is 1. The number of hydrogen-bond donors (Lipinski definition) is 0. The number of likely N-dealkylation sites (tertiary alicyclic amines) is 1. The molecular formula is C34H40N4O. The summed E-state index contributed by atoms with van der Waals surface area (Å²) in [4.78, 5) is 13.5. The quantitative estimate of drug-likeness (QED) is 0.280. The molecule has 4 aromatic rings. The number of rotatable bonds is 6. The Kier molecular flexibility index (Phi) is 9.36. The Bertz CT molecular complexity index is 1340. The number of pyridine rings is 2. The maximum Gasteiger partial charge on any atom is 0.0642 e. The zero-order valence-electron chi connectivity index (χ0n) is 23.4. The van der Waals surface area contributed by atoms with E-state index in [0.717, 1.165) is 39.3 Å². The highest BCUT2D eigenvalue weighted by Gasteiger charge is 2.13. The van der Waals surface area contributed by atoms with E-state index in [0.29, 0.717) is 0 Å². The first-order valence-corrected chi connectivity index (χ1v) is 14.3. The van der Waals surface area contributed by atoms with Gasteiger partial charge in [0.2, 0.25) is 0 Å². The molecule has 2 aliphatic heterocycles. The van der Waals surface area contributed by atoms with Gasteiger partial charge in [-0.2, -0.15) is 0 Å². The Morgan fingerprint density at radius 1 is 0.692 bits per heavy atom. The highest BCUT2D eigenvalue weighted by atomic mass is 16.5. The number of morpholine rings is 1. The van der Waals surface area contributed by atoms with Crippen LogP contribution in [-0.4, -0.2) is 54.3 Å². The molecule has 5 heteroatoms. The van der Waals surface area contributed by atoms with Crippen molar-refractivity contribution in [3.63, 3.8) is 0 Å². The second-order valence-corrected chi connectivity index (χ2v) is 10.5. The van der Waals surface area contributed by atoms with Crippen molar-refractivity contribution in [2.45, 2.75) is 39.7 Å². The molecule has 0 atom stereocenters. The highest BCUT2D eigenvalue weighted by molar-refractivity contribution is 5.68. The molecular weight excluding hydrogens is 480 g/mol. The molecule has 0 N–H and O–H groups in total.